The number of nitrogens with zero attached hydrogens (tertiary/aromatic N) is 3. The molecule has 0 saturated heterocycles. The smallest absolute Gasteiger partial charge is 0.170 e. The van der Waals surface area contributed by atoms with Gasteiger partial charge >= 0.3 is 0 Å². The van der Waals surface area contributed by atoms with Crippen LogP contribution in [0.1, 0.15) is 18.9 Å². The number of aliphatic hydroxyl groups is 1. The van der Waals surface area contributed by atoms with Crippen molar-refractivity contribution in [3.63, 3.8) is 0 Å². The van der Waals surface area contributed by atoms with Crippen LogP contribution in [0.3, 0.4) is 0 Å². The molecule has 6 nitrogen and oxygen atoms in total. The van der Waals surface area contributed by atoms with Gasteiger partial charge in [0.25, 0.3) is 0 Å². The number of benzene rings is 1. The Morgan fingerprint density at radius 3 is 2.76 bits per heavy atom. The van der Waals surface area contributed by atoms with Crippen LogP contribution in [0.5, 0.6) is 0 Å². The molecule has 1 aromatic heterocycles. The molecule has 0 fully saturated rings. The van der Waals surface area contributed by atoms with Crippen LogP contribution in [0.25, 0.3) is 10.9 Å². The van der Waals surface area contributed by atoms with E-state index in [0.717, 1.165) is 23.9 Å². The van der Waals surface area contributed by atoms with Crippen molar-refractivity contribution in [3.8, 4) is 0 Å². The summed E-state index contributed by atoms with van der Waals surface area (Å²) in [5, 5.41) is 22.1. The maximum Gasteiger partial charge on any atom is 0.170 e. The van der Waals surface area contributed by atoms with E-state index < -0.39 is 0 Å². The van der Waals surface area contributed by atoms with Gasteiger partial charge in [-0.05, 0) is 18.6 Å². The van der Waals surface area contributed by atoms with Crippen LogP contribution in [0.4, 0.5) is 5.82 Å². The van der Waals surface area contributed by atoms with E-state index in [2.05, 4.69) is 17.1 Å². The highest BCUT2D eigenvalue weighted by molar-refractivity contribution is 6.08. The summed E-state index contributed by atoms with van der Waals surface area (Å²) >= 11 is 0. The Morgan fingerprint density at radius 2 is 2.10 bits per heavy atom. The molecule has 0 aliphatic carbocycles. The fourth-order valence-corrected chi connectivity index (χ4v) is 2.32. The van der Waals surface area contributed by atoms with Crippen LogP contribution >= 0.6 is 0 Å². The molecule has 0 spiro atoms. The van der Waals surface area contributed by atoms with Crippen molar-refractivity contribution >= 4 is 22.6 Å². The van der Waals surface area contributed by atoms with Crippen LogP contribution in [0, 0.1) is 0 Å². The average molecular weight is 288 g/mol. The first-order valence-electron chi connectivity index (χ1n) is 6.94. The maximum atomic E-state index is 9.20. The molecule has 0 bridgehead atoms. The van der Waals surface area contributed by atoms with Gasteiger partial charge in [-0.3, -0.25) is 0 Å². The highest BCUT2D eigenvalue weighted by Gasteiger charge is 2.13. The summed E-state index contributed by atoms with van der Waals surface area (Å²) in [5.41, 5.74) is 7.19. The number of hydrogen-bond acceptors (Lipinski definition) is 5. The molecule has 21 heavy (non-hydrogen) atoms. The maximum absolute atomic E-state index is 9.20. The third-order valence-electron chi connectivity index (χ3n) is 3.27. The molecule has 4 N–H and O–H groups in total. The van der Waals surface area contributed by atoms with Gasteiger partial charge in [-0.2, -0.15) is 0 Å². The third-order valence-corrected chi connectivity index (χ3v) is 3.27. The second-order valence-corrected chi connectivity index (χ2v) is 4.74. The highest BCUT2D eigenvalue weighted by Crippen LogP contribution is 2.23. The lowest BCUT2D eigenvalue weighted by Gasteiger charge is -2.23. The molecule has 6 heteroatoms. The molecule has 1 aromatic carbocycles. The standard InChI is InChI=1S/C15H20N4O2/c1-2-7-19(8-9-20)14-10-12(15(16)18-21)11-5-3-4-6-13(11)17-14/h3-6,10,20-21H,2,7-9H2,1H3,(H2,16,18). The van der Waals surface area contributed by atoms with Crippen LogP contribution in [0.2, 0.25) is 0 Å². The van der Waals surface area contributed by atoms with Crippen LogP contribution < -0.4 is 10.6 Å². The van der Waals surface area contributed by atoms with Crippen LogP contribution in [-0.2, 0) is 0 Å². The Hall–Kier alpha value is -2.34. The second kappa shape index (κ2) is 6.90. The molecule has 0 amide bonds. The molecule has 0 radical (unpaired) electrons. The molecule has 0 atom stereocenters. The normalized spacial score (nSPS) is 11.8. The Labute approximate surface area is 123 Å². The summed E-state index contributed by atoms with van der Waals surface area (Å²) in [6, 6.07) is 9.34. The number of anilines is 1. The number of oxime groups is 1. The Kier molecular flexibility index (Phi) is 4.94. The van der Waals surface area contributed by atoms with E-state index in [9.17, 15) is 5.11 Å². The molecule has 2 rings (SSSR count). The van der Waals surface area contributed by atoms with Crippen molar-refractivity contribution in [1.82, 2.24) is 4.98 Å². The minimum absolute atomic E-state index is 0.0490. The molecule has 0 unspecified atom stereocenters. The number of hydrogen-bond donors (Lipinski definition) is 3. The monoisotopic (exact) mass is 288 g/mol. The molecular weight excluding hydrogens is 268 g/mol. The zero-order chi connectivity index (χ0) is 15.2. The molecule has 0 aliphatic rings. The summed E-state index contributed by atoms with van der Waals surface area (Å²) in [4.78, 5) is 6.60. The van der Waals surface area contributed by atoms with Gasteiger partial charge in [0.05, 0.1) is 12.1 Å². The zero-order valence-electron chi connectivity index (χ0n) is 12.0. The van der Waals surface area contributed by atoms with E-state index >= 15 is 0 Å². The lowest BCUT2D eigenvalue weighted by Crippen LogP contribution is -2.29. The van der Waals surface area contributed by atoms with E-state index in [1.807, 2.05) is 29.2 Å². The van der Waals surface area contributed by atoms with Crippen molar-refractivity contribution in [2.24, 2.45) is 10.9 Å². The number of rotatable bonds is 6. The topological polar surface area (TPSA) is 95.0 Å². The van der Waals surface area contributed by atoms with Gasteiger partial charge in [0.1, 0.15) is 5.82 Å². The van der Waals surface area contributed by atoms with Gasteiger partial charge in [0.15, 0.2) is 5.84 Å². The minimum Gasteiger partial charge on any atom is -0.409 e. The summed E-state index contributed by atoms with van der Waals surface area (Å²) in [7, 11) is 0. The summed E-state index contributed by atoms with van der Waals surface area (Å²) in [5.74, 6) is 0.765. The number of aromatic nitrogens is 1. The van der Waals surface area contributed by atoms with Crippen LogP contribution in [-0.4, -0.2) is 40.8 Å². The Balaban J connectivity index is 2.59. The Bertz CT molecular complexity index is 637. The number of fused-ring (bicyclic) bond motifs is 1. The largest absolute Gasteiger partial charge is 0.409 e. The number of amidine groups is 1. The van der Waals surface area contributed by atoms with Crippen molar-refractivity contribution in [2.45, 2.75) is 13.3 Å². The van der Waals surface area contributed by atoms with Gasteiger partial charge < -0.3 is 20.9 Å². The van der Waals surface area contributed by atoms with Gasteiger partial charge in [0.2, 0.25) is 0 Å². The minimum atomic E-state index is 0.0490. The summed E-state index contributed by atoms with van der Waals surface area (Å²) < 4.78 is 0. The average Bonchev–Trinajstić information content (AvgIpc) is 2.53. The lowest BCUT2D eigenvalue weighted by molar-refractivity contribution is 0.301. The van der Waals surface area contributed by atoms with E-state index in [4.69, 9.17) is 10.9 Å². The SMILES string of the molecule is CCCN(CCO)c1cc(C(N)=NO)c2ccccc2n1. The highest BCUT2D eigenvalue weighted by atomic mass is 16.4. The van der Waals surface area contributed by atoms with Gasteiger partial charge in [-0.1, -0.05) is 30.3 Å². The van der Waals surface area contributed by atoms with E-state index in [1.165, 1.54) is 0 Å². The molecular formula is C15H20N4O2. The Morgan fingerprint density at radius 1 is 1.33 bits per heavy atom. The number of pyridine rings is 1. The number of nitrogens with two attached hydrogens (primary N) is 1. The van der Waals surface area contributed by atoms with Crippen LogP contribution in [0.15, 0.2) is 35.5 Å². The predicted octanol–water partition coefficient (Wildman–Crippen LogP) is 1.54. The summed E-state index contributed by atoms with van der Waals surface area (Å²) in [6.45, 7) is 3.39. The summed E-state index contributed by atoms with van der Waals surface area (Å²) in [6.07, 6.45) is 0.938. The van der Waals surface area contributed by atoms with Crippen molar-refractivity contribution in [3.05, 3.63) is 35.9 Å². The first kappa shape index (κ1) is 15.1. The lowest BCUT2D eigenvalue weighted by atomic mass is 10.1. The molecule has 0 aliphatic heterocycles. The number of para-hydroxylation sites is 1. The van der Waals surface area contributed by atoms with E-state index in [0.29, 0.717) is 17.9 Å². The zero-order valence-corrected chi connectivity index (χ0v) is 12.0. The van der Waals surface area contributed by atoms with Crippen molar-refractivity contribution in [1.29, 1.82) is 0 Å². The molecule has 2 aromatic rings. The first-order chi connectivity index (χ1) is 10.2. The quantitative estimate of drug-likeness (QED) is 0.324. The second-order valence-electron chi connectivity index (χ2n) is 4.74. The van der Waals surface area contributed by atoms with Gasteiger partial charge in [-0.25, -0.2) is 4.98 Å². The number of aliphatic hydroxyl groups excluding tert-OH is 1. The fraction of sp³-hybridized carbons (Fsp3) is 0.333. The molecule has 0 saturated carbocycles. The third kappa shape index (κ3) is 3.22. The van der Waals surface area contributed by atoms with Crippen molar-refractivity contribution in [2.75, 3.05) is 24.6 Å². The van der Waals surface area contributed by atoms with Gasteiger partial charge in [0, 0.05) is 24.0 Å². The first-order valence-corrected chi connectivity index (χ1v) is 6.94. The van der Waals surface area contributed by atoms with Gasteiger partial charge in [-0.15, -0.1) is 0 Å². The van der Waals surface area contributed by atoms with Crippen molar-refractivity contribution < 1.29 is 10.3 Å². The molecule has 1 heterocycles. The molecule has 112 valence electrons. The fourth-order valence-electron chi connectivity index (χ4n) is 2.32. The predicted molar refractivity (Wildman–Crippen MR) is 83.8 cm³/mol. The van der Waals surface area contributed by atoms with E-state index in [1.54, 1.807) is 6.07 Å². The van der Waals surface area contributed by atoms with E-state index in [-0.39, 0.29) is 12.4 Å².